The van der Waals surface area contributed by atoms with Gasteiger partial charge in [0, 0.05) is 4.90 Å². The van der Waals surface area contributed by atoms with Gasteiger partial charge in [0.15, 0.2) is 11.6 Å². The molecule has 3 saturated heterocycles. The van der Waals surface area contributed by atoms with E-state index in [-0.39, 0.29) is 29.9 Å². The molecular weight excluding hydrogens is 328 g/mol. The Morgan fingerprint density at radius 1 is 0.875 bits per heavy atom. The highest BCUT2D eigenvalue weighted by molar-refractivity contribution is 7.99. The van der Waals surface area contributed by atoms with Crippen molar-refractivity contribution in [1.82, 2.24) is 0 Å². The number of thioether (sulfide) groups is 1. The van der Waals surface area contributed by atoms with Crippen LogP contribution in [0.2, 0.25) is 0 Å². The van der Waals surface area contributed by atoms with Crippen molar-refractivity contribution in [3.63, 3.8) is 0 Å². The van der Waals surface area contributed by atoms with Gasteiger partial charge < -0.3 is 23.7 Å². The quantitative estimate of drug-likeness (QED) is 0.833. The van der Waals surface area contributed by atoms with Gasteiger partial charge >= 0.3 is 0 Å². The standard InChI is InChI=1S/C18H24O5S/c1-17(2)19-10-12(21-17)13-14-15(23-18(3,4)22-14)16(20-13)24-11-8-6-5-7-9-11/h5-9,12-16H,10H2,1-4H3. The Bertz CT molecular complexity index is 590. The Labute approximate surface area is 146 Å². The molecule has 3 aliphatic heterocycles. The number of ether oxygens (including phenoxy) is 5. The van der Waals surface area contributed by atoms with Gasteiger partial charge in [-0.3, -0.25) is 0 Å². The first kappa shape index (κ1) is 16.8. The summed E-state index contributed by atoms with van der Waals surface area (Å²) in [6.07, 6.45) is -0.614. The van der Waals surface area contributed by atoms with Crippen molar-refractivity contribution < 1.29 is 23.7 Å². The minimum Gasteiger partial charge on any atom is -0.356 e. The molecule has 5 unspecified atom stereocenters. The number of hydrogen-bond acceptors (Lipinski definition) is 6. The van der Waals surface area contributed by atoms with Gasteiger partial charge in [0.1, 0.15) is 29.9 Å². The predicted molar refractivity (Wildman–Crippen MR) is 89.7 cm³/mol. The Hall–Kier alpha value is -0.630. The fraction of sp³-hybridized carbons (Fsp3) is 0.667. The van der Waals surface area contributed by atoms with Crippen molar-refractivity contribution in [2.75, 3.05) is 6.61 Å². The molecule has 5 atom stereocenters. The Balaban J connectivity index is 1.54. The summed E-state index contributed by atoms with van der Waals surface area (Å²) < 4.78 is 30.3. The smallest absolute Gasteiger partial charge is 0.164 e. The molecule has 3 fully saturated rings. The molecule has 0 spiro atoms. The molecule has 132 valence electrons. The van der Waals surface area contributed by atoms with Gasteiger partial charge in [0.2, 0.25) is 0 Å². The highest BCUT2D eigenvalue weighted by Crippen LogP contribution is 2.46. The highest BCUT2D eigenvalue weighted by atomic mass is 32.2. The van der Waals surface area contributed by atoms with Crippen LogP contribution >= 0.6 is 11.8 Å². The molecule has 1 aromatic carbocycles. The molecule has 3 aliphatic rings. The highest BCUT2D eigenvalue weighted by Gasteiger charge is 2.59. The van der Waals surface area contributed by atoms with Gasteiger partial charge in [-0.1, -0.05) is 30.0 Å². The van der Waals surface area contributed by atoms with E-state index in [1.54, 1.807) is 11.8 Å². The minimum atomic E-state index is -0.609. The van der Waals surface area contributed by atoms with Crippen LogP contribution in [0.5, 0.6) is 0 Å². The molecule has 0 saturated carbocycles. The number of rotatable bonds is 3. The van der Waals surface area contributed by atoms with Crippen molar-refractivity contribution in [2.24, 2.45) is 0 Å². The van der Waals surface area contributed by atoms with E-state index in [1.807, 2.05) is 45.9 Å². The third-order valence-electron chi connectivity index (χ3n) is 4.44. The summed E-state index contributed by atoms with van der Waals surface area (Å²) in [6, 6.07) is 10.2. The second-order valence-corrected chi connectivity index (χ2v) is 8.50. The average molecular weight is 352 g/mol. The Morgan fingerprint density at radius 3 is 2.25 bits per heavy atom. The molecule has 6 heteroatoms. The summed E-state index contributed by atoms with van der Waals surface area (Å²) in [5.41, 5.74) is -0.128. The van der Waals surface area contributed by atoms with E-state index in [1.165, 1.54) is 0 Å². The lowest BCUT2D eigenvalue weighted by Gasteiger charge is -2.26. The zero-order valence-corrected chi connectivity index (χ0v) is 15.2. The zero-order chi connectivity index (χ0) is 16.9. The number of benzene rings is 1. The van der Waals surface area contributed by atoms with Crippen LogP contribution in [0.25, 0.3) is 0 Å². The van der Waals surface area contributed by atoms with Gasteiger partial charge in [-0.05, 0) is 39.8 Å². The topological polar surface area (TPSA) is 46.2 Å². The molecule has 0 aromatic heterocycles. The predicted octanol–water partition coefficient (Wildman–Crippen LogP) is 3.18. The van der Waals surface area contributed by atoms with E-state index in [9.17, 15) is 0 Å². The normalized spacial score (nSPS) is 39.9. The lowest BCUT2D eigenvalue weighted by atomic mass is 10.1. The summed E-state index contributed by atoms with van der Waals surface area (Å²) in [4.78, 5) is 1.15. The second kappa shape index (κ2) is 5.97. The van der Waals surface area contributed by atoms with E-state index >= 15 is 0 Å². The third kappa shape index (κ3) is 3.23. The van der Waals surface area contributed by atoms with Crippen molar-refractivity contribution in [3.05, 3.63) is 30.3 Å². The summed E-state index contributed by atoms with van der Waals surface area (Å²) in [6.45, 7) is 8.25. The number of fused-ring (bicyclic) bond motifs is 1. The first-order valence-electron chi connectivity index (χ1n) is 8.38. The van der Waals surface area contributed by atoms with Crippen LogP contribution in [0.15, 0.2) is 35.2 Å². The molecule has 24 heavy (non-hydrogen) atoms. The third-order valence-corrected chi connectivity index (χ3v) is 5.60. The molecular formula is C18H24O5S. The summed E-state index contributed by atoms with van der Waals surface area (Å²) in [5, 5.41) is 0. The first-order valence-corrected chi connectivity index (χ1v) is 9.26. The van der Waals surface area contributed by atoms with E-state index in [0.29, 0.717) is 6.61 Å². The molecule has 5 nitrogen and oxygen atoms in total. The minimum absolute atomic E-state index is 0.123. The zero-order valence-electron chi connectivity index (χ0n) is 14.4. The SMILES string of the molecule is CC1(C)OCC(C2OC(Sc3ccccc3)C3OC(C)(C)OC23)O1. The summed E-state index contributed by atoms with van der Waals surface area (Å²) >= 11 is 1.67. The van der Waals surface area contributed by atoms with Crippen LogP contribution in [0.1, 0.15) is 27.7 Å². The van der Waals surface area contributed by atoms with E-state index in [0.717, 1.165) is 4.90 Å². The van der Waals surface area contributed by atoms with Gasteiger partial charge in [-0.15, -0.1) is 0 Å². The Morgan fingerprint density at radius 2 is 1.58 bits per heavy atom. The van der Waals surface area contributed by atoms with Gasteiger partial charge in [-0.25, -0.2) is 0 Å². The van der Waals surface area contributed by atoms with Crippen LogP contribution in [-0.2, 0) is 23.7 Å². The van der Waals surface area contributed by atoms with Crippen LogP contribution in [0, 0.1) is 0 Å². The maximum Gasteiger partial charge on any atom is 0.164 e. The molecule has 0 aliphatic carbocycles. The van der Waals surface area contributed by atoms with Gasteiger partial charge in [-0.2, -0.15) is 0 Å². The van der Waals surface area contributed by atoms with Gasteiger partial charge in [0.05, 0.1) is 6.61 Å². The molecule has 0 radical (unpaired) electrons. The van der Waals surface area contributed by atoms with Crippen molar-refractivity contribution >= 4 is 11.8 Å². The van der Waals surface area contributed by atoms with Crippen LogP contribution in [0.3, 0.4) is 0 Å². The largest absolute Gasteiger partial charge is 0.356 e. The van der Waals surface area contributed by atoms with Gasteiger partial charge in [0.25, 0.3) is 0 Å². The summed E-state index contributed by atoms with van der Waals surface area (Å²) in [7, 11) is 0. The van der Waals surface area contributed by atoms with E-state index < -0.39 is 11.6 Å². The maximum atomic E-state index is 6.31. The monoisotopic (exact) mass is 352 g/mol. The molecule has 0 amide bonds. The fourth-order valence-corrected chi connectivity index (χ4v) is 4.61. The van der Waals surface area contributed by atoms with Crippen molar-refractivity contribution in [1.29, 1.82) is 0 Å². The molecule has 3 heterocycles. The van der Waals surface area contributed by atoms with E-state index in [2.05, 4.69) is 12.1 Å². The van der Waals surface area contributed by atoms with Crippen molar-refractivity contribution in [2.45, 2.75) is 74.0 Å². The van der Waals surface area contributed by atoms with Crippen LogP contribution < -0.4 is 0 Å². The molecule has 4 rings (SSSR count). The maximum absolute atomic E-state index is 6.31. The molecule has 1 aromatic rings. The molecule has 0 N–H and O–H groups in total. The lowest BCUT2D eigenvalue weighted by Crippen LogP contribution is -2.40. The average Bonchev–Trinajstić information content (AvgIpc) is 3.12. The lowest BCUT2D eigenvalue weighted by molar-refractivity contribution is -0.198. The Kier molecular flexibility index (Phi) is 4.18. The van der Waals surface area contributed by atoms with Crippen LogP contribution in [0.4, 0.5) is 0 Å². The number of hydrogen-bond donors (Lipinski definition) is 0. The van der Waals surface area contributed by atoms with E-state index in [4.69, 9.17) is 23.7 Å². The van der Waals surface area contributed by atoms with Crippen LogP contribution in [-0.4, -0.2) is 48.0 Å². The molecule has 0 bridgehead atoms. The fourth-order valence-electron chi connectivity index (χ4n) is 3.50. The van der Waals surface area contributed by atoms with Crippen molar-refractivity contribution in [3.8, 4) is 0 Å². The second-order valence-electron chi connectivity index (χ2n) is 7.33. The summed E-state index contributed by atoms with van der Waals surface area (Å²) in [5.74, 6) is -1.19. The first-order chi connectivity index (χ1) is 11.3.